The normalized spacial score (nSPS) is 10.6. The summed E-state index contributed by atoms with van der Waals surface area (Å²) in [6, 6.07) is 17.5. The van der Waals surface area contributed by atoms with E-state index >= 15 is 0 Å². The number of ether oxygens (including phenoxy) is 2. The van der Waals surface area contributed by atoms with E-state index in [2.05, 4.69) is 18.3 Å². The van der Waals surface area contributed by atoms with Crippen LogP contribution in [0.15, 0.2) is 54.6 Å². The first kappa shape index (κ1) is 21.4. The second-order valence-corrected chi connectivity index (χ2v) is 7.62. The van der Waals surface area contributed by atoms with Crippen LogP contribution in [0.1, 0.15) is 45.1 Å². The van der Waals surface area contributed by atoms with Gasteiger partial charge in [0, 0.05) is 16.8 Å². The van der Waals surface area contributed by atoms with Gasteiger partial charge < -0.3 is 14.8 Å². The van der Waals surface area contributed by atoms with E-state index in [0.29, 0.717) is 18.8 Å². The van der Waals surface area contributed by atoms with Gasteiger partial charge in [-0.1, -0.05) is 12.1 Å². The Hall–Kier alpha value is -3.27. The minimum absolute atomic E-state index is 0.158. The molecule has 0 spiro atoms. The minimum atomic E-state index is -0.158. The van der Waals surface area contributed by atoms with Crippen molar-refractivity contribution in [2.24, 2.45) is 0 Å². The molecule has 30 heavy (non-hydrogen) atoms. The Balaban J connectivity index is 1.80. The van der Waals surface area contributed by atoms with Gasteiger partial charge >= 0.3 is 0 Å². The maximum absolute atomic E-state index is 12.8. The highest BCUT2D eigenvalue weighted by molar-refractivity contribution is 6.04. The van der Waals surface area contributed by atoms with Crippen LogP contribution in [0.5, 0.6) is 11.5 Å². The molecule has 3 rings (SSSR count). The minimum Gasteiger partial charge on any atom is -0.493 e. The van der Waals surface area contributed by atoms with Gasteiger partial charge in [-0.3, -0.25) is 4.79 Å². The number of rotatable bonds is 7. The molecule has 0 heterocycles. The Labute approximate surface area is 178 Å². The first-order valence-corrected chi connectivity index (χ1v) is 10.2. The Bertz CT molecular complexity index is 1040. The molecule has 0 aliphatic carbocycles. The summed E-state index contributed by atoms with van der Waals surface area (Å²) in [5.41, 5.74) is 6.82. The quantitative estimate of drug-likeness (QED) is 0.515. The summed E-state index contributed by atoms with van der Waals surface area (Å²) < 4.78 is 11.8. The molecular weight excluding hydrogens is 374 g/mol. The summed E-state index contributed by atoms with van der Waals surface area (Å²) in [6.07, 6.45) is 0. The Morgan fingerprint density at radius 1 is 0.833 bits per heavy atom. The highest BCUT2D eigenvalue weighted by Crippen LogP contribution is 2.25. The van der Waals surface area contributed by atoms with Crippen LogP contribution in [0, 0.1) is 27.7 Å². The van der Waals surface area contributed by atoms with Crippen LogP contribution in [-0.2, 0) is 6.61 Å². The van der Waals surface area contributed by atoms with Crippen LogP contribution in [0.4, 0.5) is 5.69 Å². The molecular formula is C26H29NO3. The molecule has 0 fully saturated rings. The van der Waals surface area contributed by atoms with Crippen molar-refractivity contribution in [1.29, 1.82) is 0 Å². The number of carbonyl (C=O) groups is 1. The van der Waals surface area contributed by atoms with Gasteiger partial charge in [0.25, 0.3) is 5.91 Å². The maximum Gasteiger partial charge on any atom is 0.255 e. The van der Waals surface area contributed by atoms with Gasteiger partial charge in [-0.15, -0.1) is 0 Å². The number of hydrogen-bond donors (Lipinski definition) is 1. The first-order valence-electron chi connectivity index (χ1n) is 10.2. The van der Waals surface area contributed by atoms with Gasteiger partial charge in [0.1, 0.15) is 18.1 Å². The second-order valence-electron chi connectivity index (χ2n) is 7.62. The monoisotopic (exact) mass is 403 g/mol. The summed E-state index contributed by atoms with van der Waals surface area (Å²) in [5.74, 6) is 1.37. The molecule has 4 nitrogen and oxygen atoms in total. The van der Waals surface area contributed by atoms with Gasteiger partial charge in [0.2, 0.25) is 0 Å². The van der Waals surface area contributed by atoms with Crippen molar-refractivity contribution in [3.8, 4) is 11.5 Å². The lowest BCUT2D eigenvalue weighted by Gasteiger charge is -2.14. The average Bonchev–Trinajstić information content (AvgIpc) is 2.69. The van der Waals surface area contributed by atoms with Crippen LogP contribution in [0.3, 0.4) is 0 Å². The molecule has 0 atom stereocenters. The number of carbonyl (C=O) groups excluding carboxylic acids is 1. The molecule has 156 valence electrons. The predicted octanol–water partition coefficient (Wildman–Crippen LogP) is 6.15. The maximum atomic E-state index is 12.8. The van der Waals surface area contributed by atoms with Crippen LogP contribution < -0.4 is 14.8 Å². The predicted molar refractivity (Wildman–Crippen MR) is 122 cm³/mol. The fourth-order valence-corrected chi connectivity index (χ4v) is 3.33. The number of benzene rings is 3. The van der Waals surface area contributed by atoms with Gasteiger partial charge in [-0.2, -0.15) is 0 Å². The van der Waals surface area contributed by atoms with Gasteiger partial charge in [0.15, 0.2) is 0 Å². The Morgan fingerprint density at radius 3 is 2.23 bits per heavy atom. The summed E-state index contributed by atoms with van der Waals surface area (Å²) >= 11 is 0. The topological polar surface area (TPSA) is 47.6 Å². The Kier molecular flexibility index (Phi) is 6.78. The zero-order chi connectivity index (χ0) is 21.7. The summed E-state index contributed by atoms with van der Waals surface area (Å²) in [4.78, 5) is 12.8. The lowest BCUT2D eigenvalue weighted by atomic mass is 10.1. The van der Waals surface area contributed by atoms with Crippen molar-refractivity contribution in [2.45, 2.75) is 41.2 Å². The molecule has 3 aromatic carbocycles. The van der Waals surface area contributed by atoms with E-state index in [-0.39, 0.29) is 5.91 Å². The molecule has 0 saturated heterocycles. The van der Waals surface area contributed by atoms with Crippen molar-refractivity contribution >= 4 is 11.6 Å². The smallest absolute Gasteiger partial charge is 0.255 e. The highest BCUT2D eigenvalue weighted by atomic mass is 16.5. The second kappa shape index (κ2) is 9.49. The highest BCUT2D eigenvalue weighted by Gasteiger charge is 2.12. The standard InChI is InChI=1S/C26H29NO3/c1-6-29-25-10-8-21(26(28)27-23-9-7-19(4)20(5)14-23)15-22(25)16-30-24-12-17(2)11-18(3)13-24/h7-15H,6,16H2,1-5H3,(H,27,28). The van der Waals surface area contributed by atoms with E-state index in [1.54, 1.807) is 6.07 Å². The average molecular weight is 404 g/mol. The SMILES string of the molecule is CCOc1ccc(C(=O)Nc2ccc(C)c(C)c2)cc1COc1cc(C)cc(C)c1. The van der Waals surface area contributed by atoms with E-state index in [1.807, 2.05) is 70.2 Å². The molecule has 3 aromatic rings. The third kappa shape index (κ3) is 5.41. The van der Waals surface area contributed by atoms with Crippen molar-refractivity contribution in [3.05, 3.63) is 88.0 Å². The molecule has 0 saturated carbocycles. The molecule has 0 bridgehead atoms. The zero-order valence-electron chi connectivity index (χ0n) is 18.3. The number of amides is 1. The van der Waals surface area contributed by atoms with E-state index in [0.717, 1.165) is 39.4 Å². The van der Waals surface area contributed by atoms with Gasteiger partial charge in [-0.05, 0) is 99.3 Å². The number of hydrogen-bond acceptors (Lipinski definition) is 3. The molecule has 1 N–H and O–H groups in total. The van der Waals surface area contributed by atoms with Crippen molar-refractivity contribution in [3.63, 3.8) is 0 Å². The molecule has 0 aromatic heterocycles. The zero-order valence-corrected chi connectivity index (χ0v) is 18.3. The van der Waals surface area contributed by atoms with Crippen molar-refractivity contribution in [2.75, 3.05) is 11.9 Å². The molecule has 0 unspecified atom stereocenters. The van der Waals surface area contributed by atoms with Crippen LogP contribution in [-0.4, -0.2) is 12.5 Å². The lowest BCUT2D eigenvalue weighted by molar-refractivity contribution is 0.102. The summed E-state index contributed by atoms with van der Waals surface area (Å²) in [7, 11) is 0. The third-order valence-corrected chi connectivity index (χ3v) is 4.98. The van der Waals surface area contributed by atoms with E-state index in [9.17, 15) is 4.79 Å². The summed E-state index contributed by atoms with van der Waals surface area (Å²) in [6.45, 7) is 11.0. The van der Waals surface area contributed by atoms with Crippen LogP contribution >= 0.6 is 0 Å². The van der Waals surface area contributed by atoms with E-state index < -0.39 is 0 Å². The first-order chi connectivity index (χ1) is 14.4. The number of anilines is 1. The van der Waals surface area contributed by atoms with E-state index in [4.69, 9.17) is 9.47 Å². The van der Waals surface area contributed by atoms with E-state index in [1.165, 1.54) is 5.56 Å². The third-order valence-electron chi connectivity index (χ3n) is 4.98. The van der Waals surface area contributed by atoms with Crippen molar-refractivity contribution < 1.29 is 14.3 Å². The summed E-state index contributed by atoms with van der Waals surface area (Å²) in [5, 5.41) is 2.97. The van der Waals surface area contributed by atoms with Crippen LogP contribution in [0.2, 0.25) is 0 Å². The fraction of sp³-hybridized carbons (Fsp3) is 0.269. The molecule has 1 amide bonds. The number of aryl methyl sites for hydroxylation is 4. The molecule has 0 aliphatic rings. The fourth-order valence-electron chi connectivity index (χ4n) is 3.33. The number of nitrogens with one attached hydrogen (secondary N) is 1. The van der Waals surface area contributed by atoms with Crippen molar-refractivity contribution in [1.82, 2.24) is 0 Å². The largest absolute Gasteiger partial charge is 0.493 e. The van der Waals surface area contributed by atoms with Gasteiger partial charge in [-0.25, -0.2) is 0 Å². The Morgan fingerprint density at radius 2 is 1.57 bits per heavy atom. The molecule has 4 heteroatoms. The lowest BCUT2D eigenvalue weighted by Crippen LogP contribution is -2.13. The van der Waals surface area contributed by atoms with Gasteiger partial charge in [0.05, 0.1) is 6.61 Å². The molecule has 0 radical (unpaired) electrons. The van der Waals surface area contributed by atoms with Crippen LogP contribution in [0.25, 0.3) is 0 Å². The molecule has 0 aliphatic heterocycles.